The summed E-state index contributed by atoms with van der Waals surface area (Å²) in [5, 5.41) is 15.9. The van der Waals surface area contributed by atoms with Gasteiger partial charge in [0.25, 0.3) is 0 Å². The Balaban J connectivity index is 1.93. The van der Waals surface area contributed by atoms with E-state index in [-0.39, 0.29) is 24.7 Å². The highest BCUT2D eigenvalue weighted by Crippen LogP contribution is 2.41. The maximum absolute atomic E-state index is 12.1. The van der Waals surface area contributed by atoms with Crippen LogP contribution in [0.4, 0.5) is 4.79 Å². The second kappa shape index (κ2) is 7.04. The van der Waals surface area contributed by atoms with Crippen molar-refractivity contribution >= 4 is 17.4 Å². The number of aliphatic hydroxyl groups is 1. The van der Waals surface area contributed by atoms with Crippen molar-refractivity contribution in [3.8, 4) is 0 Å². The van der Waals surface area contributed by atoms with Crippen LogP contribution in [0, 0.1) is 12.8 Å². The van der Waals surface area contributed by atoms with Gasteiger partial charge in [0.2, 0.25) is 0 Å². The van der Waals surface area contributed by atoms with E-state index in [0.29, 0.717) is 12.3 Å². The summed E-state index contributed by atoms with van der Waals surface area (Å²) in [6.07, 6.45) is 5.57. The molecule has 1 aromatic heterocycles. The molecule has 0 aromatic carbocycles. The minimum absolute atomic E-state index is 0.0258. The van der Waals surface area contributed by atoms with Crippen LogP contribution < -0.4 is 10.6 Å². The van der Waals surface area contributed by atoms with Crippen molar-refractivity contribution in [1.29, 1.82) is 0 Å². The van der Waals surface area contributed by atoms with E-state index < -0.39 is 0 Å². The molecule has 1 saturated carbocycles. The number of nitrogens with zero attached hydrogens (tertiary/aromatic N) is 1. The van der Waals surface area contributed by atoms with E-state index >= 15 is 0 Å². The van der Waals surface area contributed by atoms with Crippen molar-refractivity contribution < 1.29 is 9.90 Å². The van der Waals surface area contributed by atoms with E-state index in [2.05, 4.69) is 15.6 Å². The largest absolute Gasteiger partial charge is 0.396 e. The summed E-state index contributed by atoms with van der Waals surface area (Å²) >= 11 is 1.65. The van der Waals surface area contributed by atoms with Crippen LogP contribution in [-0.2, 0) is 0 Å². The van der Waals surface area contributed by atoms with E-state index in [1.165, 1.54) is 4.88 Å². The first-order valence-electron chi connectivity index (χ1n) is 7.24. The Morgan fingerprint density at radius 3 is 2.80 bits per heavy atom. The number of urea groups is 1. The van der Waals surface area contributed by atoms with Crippen LogP contribution in [0.25, 0.3) is 0 Å². The summed E-state index contributed by atoms with van der Waals surface area (Å²) in [4.78, 5) is 17.7. The molecule has 0 radical (unpaired) electrons. The standard InChI is InChI=1S/C14H23N3O2S/c1-3-11(6-7-18)16-14(19)17-12(10-4-5-10)13-15-8-9(2)20-13/h8,10-12,18H,3-7H2,1-2H3,(H2,16,17,19). The first kappa shape index (κ1) is 15.3. The van der Waals surface area contributed by atoms with E-state index in [0.717, 1.165) is 24.3 Å². The number of aliphatic hydroxyl groups excluding tert-OH is 1. The predicted octanol–water partition coefficient (Wildman–Crippen LogP) is 2.36. The van der Waals surface area contributed by atoms with Crippen molar-refractivity contribution in [2.24, 2.45) is 5.92 Å². The molecule has 20 heavy (non-hydrogen) atoms. The number of nitrogens with one attached hydrogen (secondary N) is 2. The van der Waals surface area contributed by atoms with Crippen molar-refractivity contribution in [2.75, 3.05) is 6.61 Å². The van der Waals surface area contributed by atoms with Crippen molar-refractivity contribution in [3.05, 3.63) is 16.1 Å². The number of aryl methyl sites for hydroxylation is 1. The summed E-state index contributed by atoms with van der Waals surface area (Å²) in [5.41, 5.74) is 0. The summed E-state index contributed by atoms with van der Waals surface area (Å²) in [6, 6.07) is -0.103. The lowest BCUT2D eigenvalue weighted by Gasteiger charge is -2.20. The maximum Gasteiger partial charge on any atom is 0.315 e. The number of hydrogen-bond acceptors (Lipinski definition) is 4. The lowest BCUT2D eigenvalue weighted by molar-refractivity contribution is 0.223. The molecule has 2 unspecified atom stereocenters. The Hall–Kier alpha value is -1.14. The fourth-order valence-electron chi connectivity index (χ4n) is 2.23. The third-order valence-electron chi connectivity index (χ3n) is 3.59. The van der Waals surface area contributed by atoms with Crippen molar-refractivity contribution in [2.45, 2.75) is 51.6 Å². The predicted molar refractivity (Wildman–Crippen MR) is 79.8 cm³/mol. The molecule has 1 fully saturated rings. The Labute approximate surface area is 123 Å². The summed E-state index contributed by atoms with van der Waals surface area (Å²) < 4.78 is 0. The number of carbonyl (C=O) groups is 1. The van der Waals surface area contributed by atoms with E-state index in [4.69, 9.17) is 5.11 Å². The fourth-order valence-corrected chi connectivity index (χ4v) is 3.15. The summed E-state index contributed by atoms with van der Waals surface area (Å²) in [6.45, 7) is 4.12. The van der Waals surface area contributed by atoms with Gasteiger partial charge in [0.15, 0.2) is 0 Å². The molecule has 1 heterocycles. The molecule has 1 aliphatic rings. The van der Waals surface area contributed by atoms with E-state index in [1.54, 1.807) is 11.3 Å². The van der Waals surface area contributed by atoms with Gasteiger partial charge >= 0.3 is 6.03 Å². The van der Waals surface area contributed by atoms with Gasteiger partial charge in [0.05, 0.1) is 6.04 Å². The van der Waals surface area contributed by atoms with Gasteiger partial charge in [0, 0.05) is 23.7 Å². The topological polar surface area (TPSA) is 74.2 Å². The number of amides is 2. The summed E-state index contributed by atoms with van der Waals surface area (Å²) in [7, 11) is 0. The van der Waals surface area contributed by atoms with Gasteiger partial charge in [-0.15, -0.1) is 11.3 Å². The third-order valence-corrected chi connectivity index (χ3v) is 4.59. The average Bonchev–Trinajstić information content (AvgIpc) is 3.17. The van der Waals surface area contributed by atoms with Gasteiger partial charge < -0.3 is 15.7 Å². The van der Waals surface area contributed by atoms with Crippen molar-refractivity contribution in [3.63, 3.8) is 0 Å². The average molecular weight is 297 g/mol. The minimum atomic E-state index is -0.157. The zero-order valence-electron chi connectivity index (χ0n) is 12.1. The van der Waals surface area contributed by atoms with Crippen LogP contribution in [0.5, 0.6) is 0 Å². The molecule has 2 atom stereocenters. The molecule has 1 aromatic rings. The Morgan fingerprint density at radius 1 is 1.55 bits per heavy atom. The molecule has 0 aliphatic heterocycles. The number of rotatable bonds is 7. The first-order valence-corrected chi connectivity index (χ1v) is 8.06. The van der Waals surface area contributed by atoms with Crippen LogP contribution in [0.1, 0.15) is 48.5 Å². The number of carbonyl (C=O) groups excluding carboxylic acids is 1. The molecular formula is C14H23N3O2S. The Morgan fingerprint density at radius 2 is 2.30 bits per heavy atom. The first-order chi connectivity index (χ1) is 9.63. The van der Waals surface area contributed by atoms with Crippen LogP contribution in [-0.4, -0.2) is 28.8 Å². The van der Waals surface area contributed by atoms with Crippen LogP contribution in [0.3, 0.4) is 0 Å². The lowest BCUT2D eigenvalue weighted by atomic mass is 10.1. The lowest BCUT2D eigenvalue weighted by Crippen LogP contribution is -2.44. The zero-order valence-corrected chi connectivity index (χ0v) is 12.9. The summed E-state index contributed by atoms with van der Waals surface area (Å²) in [5.74, 6) is 0.518. The SMILES string of the molecule is CCC(CCO)NC(=O)NC(c1ncc(C)s1)C1CC1. The molecule has 1 aliphatic carbocycles. The Kier molecular flexibility index (Phi) is 5.37. The highest BCUT2D eigenvalue weighted by atomic mass is 32.1. The van der Waals surface area contributed by atoms with Gasteiger partial charge in [-0.2, -0.15) is 0 Å². The highest BCUT2D eigenvalue weighted by Gasteiger charge is 2.35. The molecule has 0 saturated heterocycles. The fraction of sp³-hybridized carbons (Fsp3) is 0.714. The molecular weight excluding hydrogens is 274 g/mol. The van der Waals surface area contributed by atoms with E-state index in [1.807, 2.05) is 20.0 Å². The molecule has 2 rings (SSSR count). The maximum atomic E-state index is 12.1. The molecule has 5 nitrogen and oxygen atoms in total. The van der Waals surface area contributed by atoms with E-state index in [9.17, 15) is 4.79 Å². The van der Waals surface area contributed by atoms with Gasteiger partial charge in [-0.1, -0.05) is 6.92 Å². The highest BCUT2D eigenvalue weighted by molar-refractivity contribution is 7.11. The molecule has 3 N–H and O–H groups in total. The smallest absolute Gasteiger partial charge is 0.315 e. The van der Waals surface area contributed by atoms with Gasteiger partial charge in [0.1, 0.15) is 5.01 Å². The van der Waals surface area contributed by atoms with Crippen LogP contribution >= 0.6 is 11.3 Å². The second-order valence-electron chi connectivity index (χ2n) is 5.36. The van der Waals surface area contributed by atoms with Gasteiger partial charge in [-0.3, -0.25) is 0 Å². The second-order valence-corrected chi connectivity index (χ2v) is 6.63. The molecule has 0 spiro atoms. The van der Waals surface area contributed by atoms with Gasteiger partial charge in [-0.25, -0.2) is 9.78 Å². The molecule has 6 heteroatoms. The Bertz CT molecular complexity index is 445. The molecule has 0 bridgehead atoms. The normalized spacial score (nSPS) is 17.6. The van der Waals surface area contributed by atoms with Crippen molar-refractivity contribution in [1.82, 2.24) is 15.6 Å². The zero-order chi connectivity index (χ0) is 14.5. The third kappa shape index (κ3) is 4.18. The molecule has 2 amide bonds. The van der Waals surface area contributed by atoms with Crippen LogP contribution in [0.2, 0.25) is 0 Å². The monoisotopic (exact) mass is 297 g/mol. The molecule has 112 valence electrons. The van der Waals surface area contributed by atoms with Crippen LogP contribution in [0.15, 0.2) is 6.20 Å². The quantitative estimate of drug-likeness (QED) is 0.723. The minimum Gasteiger partial charge on any atom is -0.396 e. The van der Waals surface area contributed by atoms with Gasteiger partial charge in [-0.05, 0) is 38.5 Å². The number of thiazole rings is 1. The number of hydrogen-bond donors (Lipinski definition) is 3. The number of aromatic nitrogens is 1.